The lowest BCUT2D eigenvalue weighted by molar-refractivity contribution is -0.119. The zero-order chi connectivity index (χ0) is 13.0. The third kappa shape index (κ3) is 7.42. The smallest absolute Gasteiger partial charge is 0.264 e. The van der Waals surface area contributed by atoms with Gasteiger partial charge in [-0.3, -0.25) is 9.35 Å². The molecule has 0 aliphatic rings. The van der Waals surface area contributed by atoms with Crippen molar-refractivity contribution in [3.05, 3.63) is 12.2 Å². The summed E-state index contributed by atoms with van der Waals surface area (Å²) < 4.78 is 29.6. The SMILES string of the molecule is C=C(C)C(=O)NC(C)(C)CCCS(=O)(=O)O. The number of carbonyl (C=O) groups is 1. The minimum atomic E-state index is -3.92. The van der Waals surface area contributed by atoms with Crippen molar-refractivity contribution in [2.75, 3.05) is 5.75 Å². The van der Waals surface area contributed by atoms with Gasteiger partial charge in [0.05, 0.1) is 5.75 Å². The summed E-state index contributed by atoms with van der Waals surface area (Å²) in [5.41, 5.74) is -0.108. The lowest BCUT2D eigenvalue weighted by atomic mass is 9.98. The maximum absolute atomic E-state index is 11.3. The Labute approximate surface area is 96.7 Å². The lowest BCUT2D eigenvalue weighted by Crippen LogP contribution is -2.43. The number of nitrogens with one attached hydrogen (secondary N) is 1. The normalized spacial score (nSPS) is 12.2. The molecule has 0 bridgehead atoms. The van der Waals surface area contributed by atoms with Crippen LogP contribution in [0.5, 0.6) is 0 Å². The van der Waals surface area contributed by atoms with Crippen molar-refractivity contribution in [2.45, 2.75) is 39.2 Å². The maximum Gasteiger partial charge on any atom is 0.264 e. The zero-order valence-corrected chi connectivity index (χ0v) is 10.7. The molecule has 5 nitrogen and oxygen atoms in total. The molecule has 94 valence electrons. The second-order valence-corrected chi connectivity index (χ2v) is 6.08. The van der Waals surface area contributed by atoms with E-state index >= 15 is 0 Å². The van der Waals surface area contributed by atoms with E-state index < -0.39 is 15.7 Å². The zero-order valence-electron chi connectivity index (χ0n) is 9.91. The fourth-order valence-electron chi connectivity index (χ4n) is 1.17. The van der Waals surface area contributed by atoms with Crippen LogP contribution in [0.4, 0.5) is 0 Å². The minimum absolute atomic E-state index is 0.253. The largest absolute Gasteiger partial charge is 0.347 e. The molecule has 2 N–H and O–H groups in total. The molecule has 16 heavy (non-hydrogen) atoms. The highest BCUT2D eigenvalue weighted by Gasteiger charge is 2.21. The summed E-state index contributed by atoms with van der Waals surface area (Å²) in [5.74, 6) is -0.545. The van der Waals surface area contributed by atoms with Crippen LogP contribution in [0.3, 0.4) is 0 Å². The molecule has 0 fully saturated rings. The highest BCUT2D eigenvalue weighted by atomic mass is 32.2. The van der Waals surface area contributed by atoms with Gasteiger partial charge < -0.3 is 5.32 Å². The topological polar surface area (TPSA) is 83.5 Å². The first-order valence-corrected chi connectivity index (χ1v) is 6.57. The van der Waals surface area contributed by atoms with Crippen molar-refractivity contribution < 1.29 is 17.8 Å². The van der Waals surface area contributed by atoms with E-state index in [1.807, 2.05) is 0 Å². The predicted molar refractivity (Wildman–Crippen MR) is 62.7 cm³/mol. The number of carbonyl (C=O) groups excluding carboxylic acids is 1. The van der Waals surface area contributed by atoms with E-state index in [1.165, 1.54) is 0 Å². The fourth-order valence-corrected chi connectivity index (χ4v) is 1.68. The van der Waals surface area contributed by atoms with Gasteiger partial charge in [-0.25, -0.2) is 0 Å². The summed E-state index contributed by atoms with van der Waals surface area (Å²) in [6, 6.07) is 0. The Morgan fingerprint density at radius 2 is 1.94 bits per heavy atom. The Hall–Kier alpha value is -0.880. The van der Waals surface area contributed by atoms with E-state index in [0.29, 0.717) is 18.4 Å². The number of rotatable bonds is 6. The van der Waals surface area contributed by atoms with E-state index in [-0.39, 0.29) is 11.7 Å². The molecule has 0 aromatic carbocycles. The van der Waals surface area contributed by atoms with Crippen LogP contribution in [-0.2, 0) is 14.9 Å². The molecule has 0 saturated heterocycles. The van der Waals surface area contributed by atoms with Crippen LogP contribution in [0, 0.1) is 0 Å². The number of amides is 1. The lowest BCUT2D eigenvalue weighted by Gasteiger charge is -2.26. The molecule has 0 heterocycles. The van der Waals surface area contributed by atoms with Gasteiger partial charge in [0.15, 0.2) is 0 Å². The molecule has 0 aromatic rings. The van der Waals surface area contributed by atoms with Crippen molar-refractivity contribution in [1.82, 2.24) is 5.32 Å². The Kier molecular flexibility index (Phi) is 5.15. The first-order chi connectivity index (χ1) is 7.03. The molecule has 0 aliphatic heterocycles. The molecule has 0 saturated carbocycles. The molecular weight excluding hydrogens is 230 g/mol. The van der Waals surface area contributed by atoms with Crippen LogP contribution in [0.2, 0.25) is 0 Å². The van der Waals surface area contributed by atoms with Crippen LogP contribution in [0.15, 0.2) is 12.2 Å². The van der Waals surface area contributed by atoms with Crippen molar-refractivity contribution in [2.24, 2.45) is 0 Å². The fraction of sp³-hybridized carbons (Fsp3) is 0.700. The second-order valence-electron chi connectivity index (χ2n) is 4.51. The van der Waals surface area contributed by atoms with E-state index in [4.69, 9.17) is 4.55 Å². The molecule has 0 spiro atoms. The first kappa shape index (κ1) is 15.1. The van der Waals surface area contributed by atoms with Crippen LogP contribution >= 0.6 is 0 Å². The number of hydrogen-bond acceptors (Lipinski definition) is 3. The van der Waals surface area contributed by atoms with Gasteiger partial charge in [-0.15, -0.1) is 0 Å². The average molecular weight is 249 g/mol. The summed E-state index contributed by atoms with van der Waals surface area (Å²) in [7, 11) is -3.92. The van der Waals surface area contributed by atoms with Crippen molar-refractivity contribution in [3.8, 4) is 0 Å². The molecule has 0 rings (SSSR count). The standard InChI is InChI=1S/C10H19NO4S/c1-8(2)9(12)11-10(3,4)6-5-7-16(13,14)15/h1,5-7H2,2-4H3,(H,11,12)(H,13,14,15). The van der Waals surface area contributed by atoms with Gasteiger partial charge in [0, 0.05) is 11.1 Å². The summed E-state index contributed by atoms with van der Waals surface area (Å²) in [6.45, 7) is 8.69. The molecule has 0 atom stereocenters. The Morgan fingerprint density at radius 1 is 1.44 bits per heavy atom. The Balaban J connectivity index is 4.16. The number of hydrogen-bond donors (Lipinski definition) is 2. The van der Waals surface area contributed by atoms with Gasteiger partial charge in [-0.1, -0.05) is 6.58 Å². The molecule has 0 aromatic heterocycles. The maximum atomic E-state index is 11.3. The van der Waals surface area contributed by atoms with E-state index in [0.717, 1.165) is 0 Å². The van der Waals surface area contributed by atoms with Gasteiger partial charge in [0.1, 0.15) is 0 Å². The minimum Gasteiger partial charge on any atom is -0.347 e. The van der Waals surface area contributed by atoms with Gasteiger partial charge in [-0.2, -0.15) is 8.42 Å². The molecular formula is C10H19NO4S. The van der Waals surface area contributed by atoms with Crippen LogP contribution < -0.4 is 5.32 Å². The Morgan fingerprint density at radius 3 is 2.31 bits per heavy atom. The molecule has 6 heteroatoms. The second kappa shape index (κ2) is 5.45. The summed E-state index contributed by atoms with van der Waals surface area (Å²) in [6.07, 6.45) is 0.758. The quantitative estimate of drug-likeness (QED) is 0.546. The van der Waals surface area contributed by atoms with Gasteiger partial charge in [-0.05, 0) is 33.6 Å². The van der Waals surface area contributed by atoms with Gasteiger partial charge in [0.2, 0.25) is 5.91 Å². The van der Waals surface area contributed by atoms with Gasteiger partial charge >= 0.3 is 0 Å². The monoisotopic (exact) mass is 249 g/mol. The summed E-state index contributed by atoms with van der Waals surface area (Å²) in [5, 5.41) is 2.73. The highest BCUT2D eigenvalue weighted by molar-refractivity contribution is 7.85. The van der Waals surface area contributed by atoms with Crippen molar-refractivity contribution >= 4 is 16.0 Å². The van der Waals surface area contributed by atoms with E-state index in [1.54, 1.807) is 20.8 Å². The third-order valence-electron chi connectivity index (χ3n) is 2.04. The highest BCUT2D eigenvalue weighted by Crippen LogP contribution is 2.12. The van der Waals surface area contributed by atoms with Gasteiger partial charge in [0.25, 0.3) is 10.1 Å². The van der Waals surface area contributed by atoms with Crippen LogP contribution in [-0.4, -0.2) is 30.2 Å². The van der Waals surface area contributed by atoms with Crippen LogP contribution in [0.25, 0.3) is 0 Å². The van der Waals surface area contributed by atoms with Crippen molar-refractivity contribution in [1.29, 1.82) is 0 Å². The molecule has 1 amide bonds. The first-order valence-electron chi connectivity index (χ1n) is 4.97. The molecule has 0 unspecified atom stereocenters. The average Bonchev–Trinajstić information content (AvgIpc) is 1.99. The van der Waals surface area contributed by atoms with E-state index in [2.05, 4.69) is 11.9 Å². The molecule has 0 radical (unpaired) electrons. The Bertz CT molecular complexity index is 370. The summed E-state index contributed by atoms with van der Waals surface area (Å²) >= 11 is 0. The third-order valence-corrected chi connectivity index (χ3v) is 2.85. The van der Waals surface area contributed by atoms with Crippen molar-refractivity contribution in [3.63, 3.8) is 0 Å². The molecule has 0 aliphatic carbocycles. The predicted octanol–water partition coefficient (Wildman–Crippen LogP) is 1.13. The summed E-state index contributed by atoms with van der Waals surface area (Å²) in [4.78, 5) is 11.3. The van der Waals surface area contributed by atoms with Crippen LogP contribution in [0.1, 0.15) is 33.6 Å². The van der Waals surface area contributed by atoms with E-state index in [9.17, 15) is 13.2 Å².